The molecule has 5 heteroatoms. The Labute approximate surface area is 113 Å². The highest BCUT2D eigenvalue weighted by atomic mass is 15.3. The van der Waals surface area contributed by atoms with Crippen LogP contribution in [0.1, 0.15) is 5.56 Å². The summed E-state index contributed by atoms with van der Waals surface area (Å²) in [6, 6.07) is 10.2. The van der Waals surface area contributed by atoms with Gasteiger partial charge in [0.25, 0.3) is 0 Å². The molecule has 2 rings (SSSR count). The van der Waals surface area contributed by atoms with E-state index in [0.717, 1.165) is 12.4 Å². The van der Waals surface area contributed by atoms with Gasteiger partial charge in [-0.1, -0.05) is 36.4 Å². The van der Waals surface area contributed by atoms with Crippen LogP contribution in [-0.2, 0) is 6.54 Å². The predicted molar refractivity (Wildman–Crippen MR) is 77.1 cm³/mol. The Balaban J connectivity index is 2.06. The van der Waals surface area contributed by atoms with Crippen LogP contribution >= 0.6 is 0 Å². The summed E-state index contributed by atoms with van der Waals surface area (Å²) in [5.41, 5.74) is 1.23. The lowest BCUT2D eigenvalue weighted by atomic mass is 10.2. The van der Waals surface area contributed by atoms with E-state index in [1.165, 1.54) is 5.56 Å². The van der Waals surface area contributed by atoms with Crippen molar-refractivity contribution in [1.82, 2.24) is 15.2 Å². The molecular formula is C14H17N5. The summed E-state index contributed by atoms with van der Waals surface area (Å²) in [5, 5.41) is 10.9. The quantitative estimate of drug-likeness (QED) is 0.801. The van der Waals surface area contributed by atoms with Gasteiger partial charge in [0.05, 0.1) is 6.20 Å². The van der Waals surface area contributed by atoms with Crippen LogP contribution in [0.25, 0.3) is 0 Å². The van der Waals surface area contributed by atoms with Crippen molar-refractivity contribution >= 4 is 11.8 Å². The average Bonchev–Trinajstić information content (AvgIpc) is 2.46. The summed E-state index contributed by atoms with van der Waals surface area (Å²) < 4.78 is 0. The number of hydrogen-bond donors (Lipinski definition) is 1. The highest BCUT2D eigenvalue weighted by Crippen LogP contribution is 2.12. The number of hydrogen-bond acceptors (Lipinski definition) is 5. The van der Waals surface area contributed by atoms with Crippen molar-refractivity contribution in [2.24, 2.45) is 0 Å². The molecule has 98 valence electrons. The number of nitrogens with zero attached hydrogens (tertiary/aromatic N) is 4. The summed E-state index contributed by atoms with van der Waals surface area (Å²) >= 11 is 0. The van der Waals surface area contributed by atoms with Gasteiger partial charge in [0.2, 0.25) is 5.95 Å². The molecule has 0 aliphatic heterocycles. The summed E-state index contributed by atoms with van der Waals surface area (Å²) in [4.78, 5) is 6.43. The van der Waals surface area contributed by atoms with Gasteiger partial charge in [0.15, 0.2) is 5.82 Å². The van der Waals surface area contributed by atoms with E-state index in [1.807, 2.05) is 30.1 Å². The molecule has 1 aromatic heterocycles. The van der Waals surface area contributed by atoms with Crippen LogP contribution in [0, 0.1) is 0 Å². The minimum Gasteiger partial charge on any atom is -0.354 e. The number of nitrogens with one attached hydrogen (secondary N) is 1. The second-order valence-electron chi connectivity index (χ2n) is 4.15. The van der Waals surface area contributed by atoms with Crippen LogP contribution < -0.4 is 10.2 Å². The molecule has 0 aliphatic carbocycles. The van der Waals surface area contributed by atoms with E-state index in [0.29, 0.717) is 12.5 Å². The van der Waals surface area contributed by atoms with E-state index in [2.05, 4.69) is 39.2 Å². The smallest absolute Gasteiger partial charge is 0.244 e. The third-order valence-electron chi connectivity index (χ3n) is 2.60. The zero-order chi connectivity index (χ0) is 13.5. The van der Waals surface area contributed by atoms with Crippen molar-refractivity contribution in [3.05, 3.63) is 54.7 Å². The molecule has 0 radical (unpaired) electrons. The van der Waals surface area contributed by atoms with E-state index in [1.54, 1.807) is 12.3 Å². The van der Waals surface area contributed by atoms with Gasteiger partial charge in [-0.05, 0) is 5.56 Å². The second-order valence-corrected chi connectivity index (χ2v) is 4.15. The molecule has 19 heavy (non-hydrogen) atoms. The number of aromatic nitrogens is 3. The zero-order valence-electron chi connectivity index (χ0n) is 11.0. The minimum absolute atomic E-state index is 0.511. The standard InChI is InChI=1S/C14H17N5/c1-3-9-15-14-17-13(10-16-18-14)19(2)11-12-7-5-4-6-8-12/h3-8,10H,1,9,11H2,2H3,(H,15,17,18). The van der Waals surface area contributed by atoms with Crippen LogP contribution in [0.5, 0.6) is 0 Å². The molecule has 0 bridgehead atoms. The number of anilines is 2. The zero-order valence-corrected chi connectivity index (χ0v) is 11.0. The second kappa shape index (κ2) is 6.49. The molecule has 0 saturated carbocycles. The van der Waals surface area contributed by atoms with Gasteiger partial charge in [0, 0.05) is 20.1 Å². The molecule has 0 saturated heterocycles. The van der Waals surface area contributed by atoms with Gasteiger partial charge in [-0.2, -0.15) is 10.1 Å². The maximum Gasteiger partial charge on any atom is 0.244 e. The molecule has 0 fully saturated rings. The maximum absolute atomic E-state index is 4.40. The molecule has 0 aliphatic rings. The molecular weight excluding hydrogens is 238 g/mol. The van der Waals surface area contributed by atoms with Crippen LogP contribution in [0.2, 0.25) is 0 Å². The lowest BCUT2D eigenvalue weighted by molar-refractivity contribution is 0.863. The van der Waals surface area contributed by atoms with Crippen molar-refractivity contribution in [3.63, 3.8) is 0 Å². The molecule has 0 amide bonds. The van der Waals surface area contributed by atoms with Crippen LogP contribution in [0.4, 0.5) is 11.8 Å². The molecule has 1 aromatic carbocycles. The van der Waals surface area contributed by atoms with Gasteiger partial charge in [-0.15, -0.1) is 11.7 Å². The molecule has 0 atom stereocenters. The summed E-state index contributed by atoms with van der Waals surface area (Å²) in [6.45, 7) is 5.04. The van der Waals surface area contributed by atoms with Crippen LogP contribution in [0.15, 0.2) is 49.2 Å². The van der Waals surface area contributed by atoms with Gasteiger partial charge >= 0.3 is 0 Å². The molecule has 2 aromatic rings. The third kappa shape index (κ3) is 3.77. The fourth-order valence-corrected chi connectivity index (χ4v) is 1.66. The Morgan fingerprint density at radius 1 is 1.32 bits per heavy atom. The van der Waals surface area contributed by atoms with Gasteiger partial charge in [0.1, 0.15) is 0 Å². The van der Waals surface area contributed by atoms with E-state index in [-0.39, 0.29) is 0 Å². The summed E-state index contributed by atoms with van der Waals surface area (Å²) in [6.07, 6.45) is 3.41. The fraction of sp³-hybridized carbons (Fsp3) is 0.214. The Bertz CT molecular complexity index is 526. The Hall–Kier alpha value is -2.43. The average molecular weight is 255 g/mol. The van der Waals surface area contributed by atoms with Crippen molar-refractivity contribution in [1.29, 1.82) is 0 Å². The van der Waals surface area contributed by atoms with Crippen LogP contribution in [-0.4, -0.2) is 28.8 Å². The van der Waals surface area contributed by atoms with Gasteiger partial charge in [-0.25, -0.2) is 0 Å². The van der Waals surface area contributed by atoms with Crippen molar-refractivity contribution in [2.45, 2.75) is 6.54 Å². The topological polar surface area (TPSA) is 53.9 Å². The highest BCUT2D eigenvalue weighted by molar-refractivity contribution is 5.40. The molecule has 5 nitrogen and oxygen atoms in total. The monoisotopic (exact) mass is 255 g/mol. The SMILES string of the molecule is C=CCNc1nncc(N(C)Cc2ccccc2)n1. The Morgan fingerprint density at radius 2 is 2.11 bits per heavy atom. The molecule has 1 heterocycles. The fourth-order valence-electron chi connectivity index (χ4n) is 1.66. The number of benzene rings is 1. The lowest BCUT2D eigenvalue weighted by Crippen LogP contribution is -2.19. The van der Waals surface area contributed by atoms with E-state index in [4.69, 9.17) is 0 Å². The van der Waals surface area contributed by atoms with Crippen molar-refractivity contribution in [3.8, 4) is 0 Å². The number of rotatable bonds is 6. The van der Waals surface area contributed by atoms with Gasteiger partial charge < -0.3 is 10.2 Å². The lowest BCUT2D eigenvalue weighted by Gasteiger charge is -2.18. The first-order valence-electron chi connectivity index (χ1n) is 6.09. The van der Waals surface area contributed by atoms with E-state index < -0.39 is 0 Å². The normalized spacial score (nSPS) is 9.95. The first-order chi connectivity index (χ1) is 9.29. The molecule has 1 N–H and O–H groups in total. The first-order valence-corrected chi connectivity index (χ1v) is 6.09. The van der Waals surface area contributed by atoms with Crippen molar-refractivity contribution in [2.75, 3.05) is 23.8 Å². The Morgan fingerprint density at radius 3 is 2.84 bits per heavy atom. The van der Waals surface area contributed by atoms with E-state index in [9.17, 15) is 0 Å². The Kier molecular flexibility index (Phi) is 4.44. The summed E-state index contributed by atoms with van der Waals surface area (Å²) in [5.74, 6) is 1.29. The maximum atomic E-state index is 4.40. The van der Waals surface area contributed by atoms with E-state index >= 15 is 0 Å². The van der Waals surface area contributed by atoms with Crippen LogP contribution in [0.3, 0.4) is 0 Å². The first kappa shape index (κ1) is 13.0. The minimum atomic E-state index is 0.511. The predicted octanol–water partition coefficient (Wildman–Crippen LogP) is 2.11. The summed E-state index contributed by atoms with van der Waals surface area (Å²) in [7, 11) is 1.98. The van der Waals surface area contributed by atoms with Crippen molar-refractivity contribution < 1.29 is 0 Å². The largest absolute Gasteiger partial charge is 0.354 e. The molecule has 0 unspecified atom stereocenters. The molecule has 0 spiro atoms. The van der Waals surface area contributed by atoms with Gasteiger partial charge in [-0.3, -0.25) is 0 Å². The highest BCUT2D eigenvalue weighted by Gasteiger charge is 2.05. The third-order valence-corrected chi connectivity index (χ3v) is 2.60.